The quantitative estimate of drug-likeness (QED) is 0.859. The molecule has 2 nitrogen and oxygen atoms in total. The number of benzene rings is 1. The predicted octanol–water partition coefficient (Wildman–Crippen LogP) is 2.36. The number of hydrogen-bond donors (Lipinski definition) is 1. The van der Waals surface area contributed by atoms with Gasteiger partial charge in [-0.2, -0.15) is 0 Å². The van der Waals surface area contributed by atoms with Crippen LogP contribution in [0.4, 0.5) is 0 Å². The number of piperazine rings is 1. The second kappa shape index (κ2) is 4.67. The van der Waals surface area contributed by atoms with E-state index < -0.39 is 0 Å². The van der Waals surface area contributed by atoms with E-state index in [-0.39, 0.29) is 5.54 Å². The Hall–Kier alpha value is -0.860. The van der Waals surface area contributed by atoms with Crippen LogP contribution in [0.25, 0.3) is 0 Å². The Morgan fingerprint density at radius 3 is 2.89 bits per heavy atom. The zero-order chi connectivity index (χ0) is 12.6. The van der Waals surface area contributed by atoms with Gasteiger partial charge in [0.15, 0.2) is 0 Å². The lowest BCUT2D eigenvalue weighted by Gasteiger charge is -2.39. The third kappa shape index (κ3) is 2.60. The van der Waals surface area contributed by atoms with Gasteiger partial charge in [-0.15, -0.1) is 0 Å². The molecule has 0 saturated carbocycles. The van der Waals surface area contributed by atoms with E-state index in [0.29, 0.717) is 0 Å². The van der Waals surface area contributed by atoms with Crippen molar-refractivity contribution in [2.45, 2.75) is 45.2 Å². The standard InChI is InChI=1S/C16H24N2/c1-16(2)12-18(9-8-17-16)11-13-6-7-14-4-3-5-15(14)10-13/h6-7,10,17H,3-5,8-9,11-12H2,1-2H3. The summed E-state index contributed by atoms with van der Waals surface area (Å²) in [6.07, 6.45) is 3.92. The Kier molecular flexibility index (Phi) is 3.16. The summed E-state index contributed by atoms with van der Waals surface area (Å²) in [4.78, 5) is 2.58. The highest BCUT2D eigenvalue weighted by Crippen LogP contribution is 2.24. The van der Waals surface area contributed by atoms with Crippen molar-refractivity contribution in [1.29, 1.82) is 0 Å². The van der Waals surface area contributed by atoms with E-state index in [0.717, 1.165) is 19.6 Å². The number of rotatable bonds is 2. The van der Waals surface area contributed by atoms with E-state index >= 15 is 0 Å². The van der Waals surface area contributed by atoms with Crippen LogP contribution in [0.3, 0.4) is 0 Å². The van der Waals surface area contributed by atoms with Crippen LogP contribution in [0.15, 0.2) is 18.2 Å². The molecule has 0 amide bonds. The highest BCUT2D eigenvalue weighted by molar-refractivity contribution is 5.35. The minimum absolute atomic E-state index is 0.259. The first kappa shape index (κ1) is 12.2. The topological polar surface area (TPSA) is 15.3 Å². The Morgan fingerprint density at radius 2 is 2.06 bits per heavy atom. The highest BCUT2D eigenvalue weighted by Gasteiger charge is 2.25. The Balaban J connectivity index is 1.69. The Labute approximate surface area is 110 Å². The van der Waals surface area contributed by atoms with E-state index in [1.807, 2.05) is 0 Å². The fraction of sp³-hybridized carbons (Fsp3) is 0.625. The molecule has 0 unspecified atom stereocenters. The van der Waals surface area contributed by atoms with Crippen LogP contribution in [0.5, 0.6) is 0 Å². The van der Waals surface area contributed by atoms with Crippen molar-refractivity contribution in [3.8, 4) is 0 Å². The molecular formula is C16H24N2. The molecule has 0 spiro atoms. The molecule has 0 aromatic heterocycles. The van der Waals surface area contributed by atoms with Crippen molar-refractivity contribution in [2.75, 3.05) is 19.6 Å². The van der Waals surface area contributed by atoms with Gasteiger partial charge in [0.25, 0.3) is 0 Å². The van der Waals surface area contributed by atoms with Crippen molar-refractivity contribution in [3.63, 3.8) is 0 Å². The SMILES string of the molecule is CC1(C)CN(Cc2ccc3c(c2)CCC3)CCN1. The number of hydrogen-bond acceptors (Lipinski definition) is 2. The molecule has 1 fully saturated rings. The zero-order valence-corrected chi connectivity index (χ0v) is 11.6. The number of aryl methyl sites for hydroxylation is 2. The van der Waals surface area contributed by atoms with Gasteiger partial charge in [-0.25, -0.2) is 0 Å². The number of fused-ring (bicyclic) bond motifs is 1. The summed E-state index contributed by atoms with van der Waals surface area (Å²) in [5.74, 6) is 0. The van der Waals surface area contributed by atoms with Crippen molar-refractivity contribution in [1.82, 2.24) is 10.2 Å². The lowest BCUT2D eigenvalue weighted by Crippen LogP contribution is -2.56. The monoisotopic (exact) mass is 244 g/mol. The minimum atomic E-state index is 0.259. The van der Waals surface area contributed by atoms with Gasteiger partial charge >= 0.3 is 0 Å². The molecule has 1 aromatic rings. The lowest BCUT2D eigenvalue weighted by molar-refractivity contribution is 0.148. The second-order valence-electron chi connectivity index (χ2n) is 6.48. The predicted molar refractivity (Wildman–Crippen MR) is 75.8 cm³/mol. The van der Waals surface area contributed by atoms with Gasteiger partial charge in [0.2, 0.25) is 0 Å². The second-order valence-corrected chi connectivity index (χ2v) is 6.48. The van der Waals surface area contributed by atoms with Crippen molar-refractivity contribution in [2.24, 2.45) is 0 Å². The molecule has 1 aliphatic heterocycles. The van der Waals surface area contributed by atoms with Gasteiger partial charge < -0.3 is 5.32 Å². The summed E-state index contributed by atoms with van der Waals surface area (Å²) in [5, 5.41) is 3.57. The van der Waals surface area contributed by atoms with Crippen LogP contribution in [0, 0.1) is 0 Å². The summed E-state index contributed by atoms with van der Waals surface area (Å²) in [6.45, 7) is 9.12. The molecule has 0 radical (unpaired) electrons. The van der Waals surface area contributed by atoms with Gasteiger partial charge in [0, 0.05) is 31.7 Å². The van der Waals surface area contributed by atoms with E-state index in [1.54, 1.807) is 11.1 Å². The average Bonchev–Trinajstić information content (AvgIpc) is 2.74. The number of nitrogens with one attached hydrogen (secondary N) is 1. The first-order valence-electron chi connectivity index (χ1n) is 7.20. The van der Waals surface area contributed by atoms with Crippen molar-refractivity contribution >= 4 is 0 Å². The van der Waals surface area contributed by atoms with Gasteiger partial charge in [-0.1, -0.05) is 18.2 Å². The summed E-state index contributed by atoms with van der Waals surface area (Å²) in [7, 11) is 0. The fourth-order valence-corrected chi connectivity index (χ4v) is 3.36. The minimum Gasteiger partial charge on any atom is -0.309 e. The zero-order valence-electron chi connectivity index (χ0n) is 11.6. The van der Waals surface area contributed by atoms with Crippen LogP contribution in [0.1, 0.15) is 37.0 Å². The molecule has 18 heavy (non-hydrogen) atoms. The van der Waals surface area contributed by atoms with Crippen LogP contribution in [0.2, 0.25) is 0 Å². The molecule has 1 aromatic carbocycles. The molecule has 98 valence electrons. The number of nitrogens with zero attached hydrogens (tertiary/aromatic N) is 1. The molecule has 0 atom stereocenters. The third-order valence-corrected chi connectivity index (χ3v) is 4.22. The first-order chi connectivity index (χ1) is 8.62. The van der Waals surface area contributed by atoms with Crippen molar-refractivity contribution in [3.05, 3.63) is 34.9 Å². The third-order valence-electron chi connectivity index (χ3n) is 4.22. The molecule has 1 aliphatic carbocycles. The molecule has 1 heterocycles. The van der Waals surface area contributed by atoms with E-state index in [4.69, 9.17) is 0 Å². The Morgan fingerprint density at radius 1 is 1.22 bits per heavy atom. The summed E-state index contributed by atoms with van der Waals surface area (Å²) in [6, 6.07) is 7.13. The van der Waals surface area contributed by atoms with Gasteiger partial charge in [-0.3, -0.25) is 4.90 Å². The normalized spacial score (nSPS) is 23.0. The highest BCUT2D eigenvalue weighted by atomic mass is 15.2. The van der Waals surface area contributed by atoms with E-state index in [9.17, 15) is 0 Å². The summed E-state index contributed by atoms with van der Waals surface area (Å²) in [5.41, 5.74) is 4.93. The fourth-order valence-electron chi connectivity index (χ4n) is 3.36. The summed E-state index contributed by atoms with van der Waals surface area (Å²) >= 11 is 0. The van der Waals surface area contributed by atoms with Crippen LogP contribution in [-0.2, 0) is 19.4 Å². The average molecular weight is 244 g/mol. The lowest BCUT2D eigenvalue weighted by atomic mass is 10.0. The van der Waals surface area contributed by atoms with E-state index in [2.05, 4.69) is 42.3 Å². The molecular weight excluding hydrogens is 220 g/mol. The van der Waals surface area contributed by atoms with Crippen molar-refractivity contribution < 1.29 is 0 Å². The van der Waals surface area contributed by atoms with Crippen LogP contribution < -0.4 is 5.32 Å². The molecule has 2 heteroatoms. The van der Waals surface area contributed by atoms with Gasteiger partial charge in [-0.05, 0) is 49.8 Å². The maximum atomic E-state index is 3.57. The molecule has 0 bridgehead atoms. The summed E-state index contributed by atoms with van der Waals surface area (Å²) < 4.78 is 0. The van der Waals surface area contributed by atoms with Crippen LogP contribution in [-0.4, -0.2) is 30.1 Å². The largest absolute Gasteiger partial charge is 0.309 e. The first-order valence-corrected chi connectivity index (χ1v) is 7.20. The van der Waals surface area contributed by atoms with Gasteiger partial charge in [0.05, 0.1) is 0 Å². The maximum Gasteiger partial charge on any atom is 0.0252 e. The molecule has 2 aliphatic rings. The van der Waals surface area contributed by atoms with Gasteiger partial charge in [0.1, 0.15) is 0 Å². The van der Waals surface area contributed by atoms with E-state index in [1.165, 1.54) is 31.4 Å². The maximum absolute atomic E-state index is 3.57. The Bertz CT molecular complexity index is 437. The van der Waals surface area contributed by atoms with Crippen LogP contribution >= 0.6 is 0 Å². The smallest absolute Gasteiger partial charge is 0.0252 e. The molecule has 1 saturated heterocycles. The molecule has 3 rings (SSSR count). The molecule has 1 N–H and O–H groups in total.